The van der Waals surface area contributed by atoms with Crippen LogP contribution in [0.5, 0.6) is 0 Å². The highest BCUT2D eigenvalue weighted by Gasteiger charge is 2.16. The van der Waals surface area contributed by atoms with Gasteiger partial charge in [0.15, 0.2) is 0 Å². The van der Waals surface area contributed by atoms with Gasteiger partial charge < -0.3 is 19.4 Å². The van der Waals surface area contributed by atoms with E-state index in [4.69, 9.17) is 4.74 Å². The number of carbonyl (C=O) groups excluding carboxylic acids is 3. The van der Waals surface area contributed by atoms with E-state index in [1.54, 1.807) is 0 Å². The van der Waals surface area contributed by atoms with Crippen molar-refractivity contribution < 1.29 is 19.1 Å². The summed E-state index contributed by atoms with van der Waals surface area (Å²) < 4.78 is 5.89. The lowest BCUT2D eigenvalue weighted by Crippen LogP contribution is -2.32. The monoisotopic (exact) mass is 1000 g/mol. The zero-order valence-electron chi connectivity index (χ0n) is 49.2. The van der Waals surface area contributed by atoms with Gasteiger partial charge in [-0.1, -0.05) is 241 Å². The van der Waals surface area contributed by atoms with E-state index in [-0.39, 0.29) is 5.97 Å². The maximum atomic E-state index is 13.2. The number of nitrogens with zero attached hydrogens (tertiary/aromatic N) is 3. The highest BCUT2D eigenvalue weighted by atomic mass is 16.5. The third-order valence-corrected chi connectivity index (χ3v) is 15.3. The van der Waals surface area contributed by atoms with Crippen LogP contribution < -0.4 is 0 Å². The Morgan fingerprint density at radius 2 is 0.549 bits per heavy atom. The second kappa shape index (κ2) is 56.1. The molecule has 0 saturated carbocycles. The lowest BCUT2D eigenvalue weighted by Gasteiger charge is -2.23. The van der Waals surface area contributed by atoms with Crippen LogP contribution >= 0.6 is 0 Å². The molecule has 0 aromatic rings. The lowest BCUT2D eigenvalue weighted by atomic mass is 9.95. The molecule has 1 atom stereocenters. The predicted octanol–water partition coefficient (Wildman–Crippen LogP) is 19.2. The molecule has 71 heavy (non-hydrogen) atoms. The average molecular weight is 1000 g/mol. The summed E-state index contributed by atoms with van der Waals surface area (Å²) in [7, 11) is 0. The standard InChI is InChI=1S/C64H127N3O4/c1-7-13-19-25-29-37-49-61(48-36-20-14-8-2)60-71-64(70)52-40-32-28-35-43-55-65(53-41-33-26-30-38-50-62(68)66(56-44-21-15-9-3)57-45-22-16-10-4)54-42-34-27-31-39-51-63(69)67(58-46-23-17-11-5)59-47-24-18-12-6/h61H,7-60H2,1-6H3. The van der Waals surface area contributed by atoms with Gasteiger partial charge in [-0.15, -0.1) is 0 Å². The van der Waals surface area contributed by atoms with Crippen LogP contribution in [-0.4, -0.2) is 84.9 Å². The van der Waals surface area contributed by atoms with Crippen LogP contribution in [-0.2, 0) is 19.1 Å². The van der Waals surface area contributed by atoms with Crippen molar-refractivity contribution in [1.29, 1.82) is 0 Å². The molecule has 2 amide bonds. The molecule has 0 fully saturated rings. The minimum absolute atomic E-state index is 0.0195. The van der Waals surface area contributed by atoms with Crippen LogP contribution in [0.25, 0.3) is 0 Å². The van der Waals surface area contributed by atoms with Gasteiger partial charge in [-0.3, -0.25) is 14.4 Å². The topological polar surface area (TPSA) is 70.2 Å². The number of carbonyl (C=O) groups is 3. The van der Waals surface area contributed by atoms with Crippen molar-refractivity contribution in [3.05, 3.63) is 0 Å². The van der Waals surface area contributed by atoms with Crippen LogP contribution in [0.1, 0.15) is 337 Å². The van der Waals surface area contributed by atoms with Crippen molar-refractivity contribution in [2.45, 2.75) is 337 Å². The van der Waals surface area contributed by atoms with E-state index in [0.29, 0.717) is 30.8 Å². The van der Waals surface area contributed by atoms with E-state index in [2.05, 4.69) is 56.2 Å². The number of ether oxygens (including phenoxy) is 1. The van der Waals surface area contributed by atoms with Crippen LogP contribution in [0.15, 0.2) is 0 Å². The first-order chi connectivity index (χ1) is 34.9. The van der Waals surface area contributed by atoms with Crippen molar-refractivity contribution in [3.8, 4) is 0 Å². The highest BCUT2D eigenvalue weighted by Crippen LogP contribution is 2.21. The Labute approximate surface area is 445 Å². The molecule has 0 aromatic heterocycles. The smallest absolute Gasteiger partial charge is 0.305 e. The summed E-state index contributed by atoms with van der Waals surface area (Å²) in [4.78, 5) is 46.4. The summed E-state index contributed by atoms with van der Waals surface area (Å²) in [5.41, 5.74) is 0. The first kappa shape index (κ1) is 69.4. The number of unbranched alkanes of at least 4 members (excludes halogenated alkanes) is 32. The van der Waals surface area contributed by atoms with Gasteiger partial charge >= 0.3 is 5.97 Å². The maximum Gasteiger partial charge on any atom is 0.305 e. The fourth-order valence-corrected chi connectivity index (χ4v) is 10.4. The molecule has 0 bridgehead atoms. The summed E-state index contributed by atoms with van der Waals surface area (Å²) in [6.45, 7) is 21.5. The Bertz CT molecular complexity index is 1040. The molecular weight excluding hydrogens is 875 g/mol. The van der Waals surface area contributed by atoms with E-state index in [9.17, 15) is 14.4 Å². The van der Waals surface area contributed by atoms with Crippen LogP contribution in [0.4, 0.5) is 0 Å². The molecule has 0 N–H and O–H groups in total. The minimum atomic E-state index is 0.0195. The number of esters is 1. The van der Waals surface area contributed by atoms with Gasteiger partial charge in [0, 0.05) is 45.4 Å². The van der Waals surface area contributed by atoms with Gasteiger partial charge in [-0.2, -0.15) is 0 Å². The largest absolute Gasteiger partial charge is 0.465 e. The Morgan fingerprint density at radius 1 is 0.296 bits per heavy atom. The number of hydrogen-bond acceptors (Lipinski definition) is 5. The summed E-state index contributed by atoms with van der Waals surface area (Å²) in [5.74, 6) is 1.34. The van der Waals surface area contributed by atoms with Crippen LogP contribution in [0.2, 0.25) is 0 Å². The molecule has 0 rings (SSSR count). The molecule has 422 valence electrons. The average Bonchev–Trinajstić information content (AvgIpc) is 3.37. The predicted molar refractivity (Wildman–Crippen MR) is 310 cm³/mol. The fraction of sp³-hybridized carbons (Fsp3) is 0.953. The van der Waals surface area contributed by atoms with E-state index in [0.717, 1.165) is 103 Å². The highest BCUT2D eigenvalue weighted by molar-refractivity contribution is 5.76. The number of amides is 2. The quantitative estimate of drug-likeness (QED) is 0.0448. The molecule has 0 aliphatic rings. The number of hydrogen-bond donors (Lipinski definition) is 0. The normalized spacial score (nSPS) is 12.0. The van der Waals surface area contributed by atoms with E-state index in [1.165, 1.54) is 232 Å². The third-order valence-electron chi connectivity index (χ3n) is 15.3. The molecule has 0 radical (unpaired) electrons. The molecule has 0 saturated heterocycles. The van der Waals surface area contributed by atoms with Gasteiger partial charge in [0.05, 0.1) is 6.61 Å². The van der Waals surface area contributed by atoms with Gasteiger partial charge in [-0.05, 0) is 103 Å². The van der Waals surface area contributed by atoms with Crippen LogP contribution in [0.3, 0.4) is 0 Å². The van der Waals surface area contributed by atoms with E-state index >= 15 is 0 Å². The van der Waals surface area contributed by atoms with E-state index in [1.807, 2.05) is 0 Å². The molecular formula is C64H127N3O4. The molecule has 0 spiro atoms. The van der Waals surface area contributed by atoms with E-state index < -0.39 is 0 Å². The first-order valence-corrected chi connectivity index (χ1v) is 32.3. The third kappa shape index (κ3) is 47.8. The molecule has 0 aliphatic heterocycles. The molecule has 7 nitrogen and oxygen atoms in total. The molecule has 1 unspecified atom stereocenters. The second-order valence-electron chi connectivity index (χ2n) is 22.4. The first-order valence-electron chi connectivity index (χ1n) is 32.3. The molecule has 0 aliphatic carbocycles. The summed E-state index contributed by atoms with van der Waals surface area (Å²) >= 11 is 0. The lowest BCUT2D eigenvalue weighted by molar-refractivity contribution is -0.145. The zero-order chi connectivity index (χ0) is 51.9. The SMILES string of the molecule is CCCCCCCCC(CCCCCC)COC(=O)CCCCCCCN(CCCCCCCC(=O)N(CCCCCC)CCCCCC)CCCCCCCC(=O)N(CCCCCC)CCCCCC. The zero-order valence-corrected chi connectivity index (χ0v) is 49.2. The molecule has 7 heteroatoms. The number of rotatable bonds is 58. The van der Waals surface area contributed by atoms with Crippen molar-refractivity contribution >= 4 is 17.8 Å². The van der Waals surface area contributed by atoms with Gasteiger partial charge in [0.25, 0.3) is 0 Å². The van der Waals surface area contributed by atoms with Crippen molar-refractivity contribution in [2.75, 3.05) is 52.4 Å². The Hall–Kier alpha value is -1.63. The summed E-state index contributed by atoms with van der Waals surface area (Å²) in [6.07, 6.45) is 54.7. The minimum Gasteiger partial charge on any atom is -0.465 e. The summed E-state index contributed by atoms with van der Waals surface area (Å²) in [5, 5.41) is 0. The van der Waals surface area contributed by atoms with Crippen molar-refractivity contribution in [3.63, 3.8) is 0 Å². The fourth-order valence-electron chi connectivity index (χ4n) is 10.4. The van der Waals surface area contributed by atoms with Crippen molar-refractivity contribution in [1.82, 2.24) is 14.7 Å². The Kier molecular flexibility index (Phi) is 54.8. The summed E-state index contributed by atoms with van der Waals surface area (Å²) in [6, 6.07) is 0. The second-order valence-corrected chi connectivity index (χ2v) is 22.4. The van der Waals surface area contributed by atoms with Gasteiger partial charge in [0.1, 0.15) is 0 Å². The molecule has 0 aromatic carbocycles. The van der Waals surface area contributed by atoms with Crippen molar-refractivity contribution in [2.24, 2.45) is 5.92 Å². The Balaban J connectivity index is 4.90. The van der Waals surface area contributed by atoms with Crippen LogP contribution in [0, 0.1) is 5.92 Å². The van der Waals surface area contributed by atoms with Gasteiger partial charge in [0.2, 0.25) is 11.8 Å². The maximum absolute atomic E-state index is 13.2. The Morgan fingerprint density at radius 3 is 0.901 bits per heavy atom. The van der Waals surface area contributed by atoms with Gasteiger partial charge in [-0.25, -0.2) is 0 Å². The molecule has 0 heterocycles.